The van der Waals surface area contributed by atoms with Gasteiger partial charge >= 0.3 is 0 Å². The van der Waals surface area contributed by atoms with E-state index in [1.54, 1.807) is 12.4 Å². The molecule has 2 heterocycles. The highest BCUT2D eigenvalue weighted by molar-refractivity contribution is 5.92. The van der Waals surface area contributed by atoms with E-state index >= 15 is 0 Å². The lowest BCUT2D eigenvalue weighted by molar-refractivity contribution is 0.0929. The average Bonchev–Trinajstić information content (AvgIpc) is 2.98. The Morgan fingerprint density at radius 3 is 2.95 bits per heavy atom. The van der Waals surface area contributed by atoms with Gasteiger partial charge in [0.25, 0.3) is 5.91 Å². The standard InChI is InChI=1S/C14H18N4O/c1-2-3-6-12(11-5-4-7-15-8-11)18-14(19)13-9-16-10-17-13/h4-5,7-10,12H,2-3,6H2,1H3,(H,16,17)(H,18,19). The van der Waals surface area contributed by atoms with Crippen molar-refractivity contribution in [3.8, 4) is 0 Å². The molecule has 0 saturated carbocycles. The second-order valence-corrected chi connectivity index (χ2v) is 4.42. The SMILES string of the molecule is CCCCC(NC(=O)c1cnc[nH]1)c1cccnc1. The van der Waals surface area contributed by atoms with E-state index in [1.165, 1.54) is 12.5 Å². The van der Waals surface area contributed by atoms with Gasteiger partial charge in [0.1, 0.15) is 5.69 Å². The highest BCUT2D eigenvalue weighted by Crippen LogP contribution is 2.18. The van der Waals surface area contributed by atoms with Crippen LogP contribution in [0.4, 0.5) is 0 Å². The third kappa shape index (κ3) is 3.64. The topological polar surface area (TPSA) is 70.7 Å². The lowest BCUT2D eigenvalue weighted by Crippen LogP contribution is -2.28. The number of carbonyl (C=O) groups excluding carboxylic acids is 1. The Hall–Kier alpha value is -2.17. The van der Waals surface area contributed by atoms with Gasteiger partial charge in [0, 0.05) is 12.4 Å². The molecule has 5 heteroatoms. The van der Waals surface area contributed by atoms with Crippen molar-refractivity contribution in [1.29, 1.82) is 0 Å². The number of aromatic nitrogens is 3. The van der Waals surface area contributed by atoms with Crippen molar-refractivity contribution in [2.75, 3.05) is 0 Å². The molecule has 0 bridgehead atoms. The van der Waals surface area contributed by atoms with Crippen molar-refractivity contribution in [3.63, 3.8) is 0 Å². The molecule has 5 nitrogen and oxygen atoms in total. The molecule has 2 aromatic heterocycles. The minimum atomic E-state index is -0.137. The van der Waals surface area contributed by atoms with Crippen LogP contribution in [0.1, 0.15) is 48.3 Å². The van der Waals surface area contributed by atoms with E-state index in [0.717, 1.165) is 24.8 Å². The van der Waals surface area contributed by atoms with Crippen molar-refractivity contribution in [2.45, 2.75) is 32.2 Å². The summed E-state index contributed by atoms with van der Waals surface area (Å²) in [7, 11) is 0. The summed E-state index contributed by atoms with van der Waals surface area (Å²) in [5, 5.41) is 3.02. The normalized spacial score (nSPS) is 12.1. The van der Waals surface area contributed by atoms with E-state index in [-0.39, 0.29) is 11.9 Å². The zero-order valence-electron chi connectivity index (χ0n) is 11.0. The predicted octanol–water partition coefficient (Wildman–Crippen LogP) is 2.47. The molecule has 0 aliphatic heterocycles. The second-order valence-electron chi connectivity index (χ2n) is 4.42. The van der Waals surface area contributed by atoms with Gasteiger partial charge in [0.2, 0.25) is 0 Å². The molecule has 1 unspecified atom stereocenters. The van der Waals surface area contributed by atoms with Crippen LogP contribution in [0.5, 0.6) is 0 Å². The van der Waals surface area contributed by atoms with E-state index < -0.39 is 0 Å². The van der Waals surface area contributed by atoms with Crippen LogP contribution in [0.3, 0.4) is 0 Å². The molecule has 19 heavy (non-hydrogen) atoms. The maximum atomic E-state index is 12.0. The highest BCUT2D eigenvalue weighted by Gasteiger charge is 2.16. The Morgan fingerprint density at radius 2 is 2.32 bits per heavy atom. The molecule has 100 valence electrons. The minimum Gasteiger partial charge on any atom is -0.344 e. The van der Waals surface area contributed by atoms with Gasteiger partial charge in [0.05, 0.1) is 18.6 Å². The molecule has 0 fully saturated rings. The van der Waals surface area contributed by atoms with Gasteiger partial charge in [-0.3, -0.25) is 9.78 Å². The van der Waals surface area contributed by atoms with E-state index in [1.807, 2.05) is 12.1 Å². The number of carbonyl (C=O) groups is 1. The summed E-state index contributed by atoms with van der Waals surface area (Å²) in [4.78, 5) is 22.8. The molecule has 0 saturated heterocycles. The molecule has 0 aliphatic carbocycles. The van der Waals surface area contributed by atoms with Crippen LogP contribution < -0.4 is 5.32 Å². The molecule has 2 aromatic rings. The van der Waals surface area contributed by atoms with Gasteiger partial charge in [-0.2, -0.15) is 0 Å². The van der Waals surface area contributed by atoms with Crippen LogP contribution in [-0.2, 0) is 0 Å². The molecule has 1 amide bonds. The van der Waals surface area contributed by atoms with Gasteiger partial charge in [-0.05, 0) is 18.1 Å². The third-order valence-electron chi connectivity index (χ3n) is 2.98. The number of imidazole rings is 1. The summed E-state index contributed by atoms with van der Waals surface area (Å²) >= 11 is 0. The van der Waals surface area contributed by atoms with Crippen molar-refractivity contribution >= 4 is 5.91 Å². The smallest absolute Gasteiger partial charge is 0.269 e. The third-order valence-corrected chi connectivity index (χ3v) is 2.98. The summed E-state index contributed by atoms with van der Waals surface area (Å²) in [6.07, 6.45) is 9.61. The highest BCUT2D eigenvalue weighted by atomic mass is 16.1. The molecule has 0 aromatic carbocycles. The number of aromatic amines is 1. The number of rotatable bonds is 6. The van der Waals surface area contributed by atoms with Gasteiger partial charge in [0.15, 0.2) is 0 Å². The summed E-state index contributed by atoms with van der Waals surface area (Å²) in [5.74, 6) is -0.137. The molecule has 0 spiro atoms. The average molecular weight is 258 g/mol. The first-order chi connectivity index (χ1) is 9.31. The number of hydrogen-bond donors (Lipinski definition) is 2. The number of amides is 1. The van der Waals surface area contributed by atoms with E-state index in [2.05, 4.69) is 27.2 Å². The van der Waals surface area contributed by atoms with Crippen molar-refractivity contribution in [2.24, 2.45) is 0 Å². The quantitative estimate of drug-likeness (QED) is 0.836. The Labute approximate surface area is 112 Å². The monoisotopic (exact) mass is 258 g/mol. The van der Waals surface area contributed by atoms with Crippen molar-refractivity contribution < 1.29 is 4.79 Å². The molecule has 0 aliphatic rings. The molecular formula is C14H18N4O. The maximum absolute atomic E-state index is 12.0. The fourth-order valence-electron chi connectivity index (χ4n) is 1.93. The zero-order valence-corrected chi connectivity index (χ0v) is 11.0. The summed E-state index contributed by atoms with van der Waals surface area (Å²) in [6.45, 7) is 2.14. The Balaban J connectivity index is 2.08. The Bertz CT molecular complexity index is 495. The van der Waals surface area contributed by atoms with Crippen LogP contribution in [0.25, 0.3) is 0 Å². The first-order valence-electron chi connectivity index (χ1n) is 6.50. The fraction of sp³-hybridized carbons (Fsp3) is 0.357. The minimum absolute atomic E-state index is 0.00977. The maximum Gasteiger partial charge on any atom is 0.269 e. The first-order valence-corrected chi connectivity index (χ1v) is 6.50. The number of pyridine rings is 1. The Morgan fingerprint density at radius 1 is 1.42 bits per heavy atom. The predicted molar refractivity (Wildman–Crippen MR) is 72.6 cm³/mol. The summed E-state index contributed by atoms with van der Waals surface area (Å²) in [6, 6.07) is 3.86. The van der Waals surface area contributed by atoms with E-state index in [0.29, 0.717) is 5.69 Å². The second kappa shape index (κ2) is 6.68. The number of nitrogens with one attached hydrogen (secondary N) is 2. The molecule has 0 radical (unpaired) electrons. The van der Waals surface area contributed by atoms with Gasteiger partial charge in [-0.15, -0.1) is 0 Å². The summed E-state index contributed by atoms with van der Waals surface area (Å²) in [5.41, 5.74) is 1.51. The number of nitrogens with zero attached hydrogens (tertiary/aromatic N) is 2. The lowest BCUT2D eigenvalue weighted by Gasteiger charge is -2.18. The summed E-state index contributed by atoms with van der Waals surface area (Å²) < 4.78 is 0. The van der Waals surface area contributed by atoms with Crippen LogP contribution in [0.2, 0.25) is 0 Å². The molecular weight excluding hydrogens is 240 g/mol. The lowest BCUT2D eigenvalue weighted by atomic mass is 10.0. The van der Waals surface area contributed by atoms with E-state index in [9.17, 15) is 4.79 Å². The van der Waals surface area contributed by atoms with Crippen LogP contribution >= 0.6 is 0 Å². The molecule has 2 rings (SSSR count). The van der Waals surface area contributed by atoms with Crippen LogP contribution in [0, 0.1) is 0 Å². The first kappa shape index (κ1) is 13.3. The Kier molecular flexibility index (Phi) is 4.66. The largest absolute Gasteiger partial charge is 0.344 e. The van der Waals surface area contributed by atoms with Crippen molar-refractivity contribution in [3.05, 3.63) is 48.3 Å². The van der Waals surface area contributed by atoms with Crippen LogP contribution in [-0.4, -0.2) is 20.9 Å². The van der Waals surface area contributed by atoms with Gasteiger partial charge in [-0.25, -0.2) is 4.98 Å². The number of unbranched alkanes of at least 4 members (excludes halogenated alkanes) is 1. The van der Waals surface area contributed by atoms with E-state index in [4.69, 9.17) is 0 Å². The van der Waals surface area contributed by atoms with Gasteiger partial charge in [-0.1, -0.05) is 25.8 Å². The van der Waals surface area contributed by atoms with Gasteiger partial charge < -0.3 is 10.3 Å². The number of H-pyrrole nitrogens is 1. The van der Waals surface area contributed by atoms with Crippen molar-refractivity contribution in [1.82, 2.24) is 20.3 Å². The molecule has 2 N–H and O–H groups in total. The fourth-order valence-corrected chi connectivity index (χ4v) is 1.93. The molecule has 1 atom stereocenters. The number of hydrogen-bond acceptors (Lipinski definition) is 3. The van der Waals surface area contributed by atoms with Crippen LogP contribution in [0.15, 0.2) is 37.1 Å². The zero-order chi connectivity index (χ0) is 13.5.